The fourth-order valence-corrected chi connectivity index (χ4v) is 2.17. The molecule has 0 aliphatic carbocycles. The highest BCUT2D eigenvalue weighted by atomic mass is 19.3. The number of aliphatic hydroxyl groups is 1. The van der Waals surface area contributed by atoms with E-state index in [9.17, 15) is 13.9 Å². The van der Waals surface area contributed by atoms with Crippen molar-refractivity contribution in [3.63, 3.8) is 0 Å². The Balaban J connectivity index is 2.39. The summed E-state index contributed by atoms with van der Waals surface area (Å²) in [7, 11) is 1.50. The van der Waals surface area contributed by atoms with Gasteiger partial charge in [0.15, 0.2) is 5.75 Å². The standard InChI is InChI=1S/C15H18F2N2O2/c1-9(2)19-13(12(21-3)8-18-19)14(20)10-4-6-11(7-5-10)15(16)17/h4-9,14-15,20H,1-3H3. The molecule has 114 valence electrons. The van der Waals surface area contributed by atoms with Crippen LogP contribution in [0.15, 0.2) is 30.5 Å². The molecule has 0 saturated heterocycles. The largest absolute Gasteiger partial charge is 0.493 e. The van der Waals surface area contributed by atoms with Crippen LogP contribution in [0.4, 0.5) is 8.78 Å². The van der Waals surface area contributed by atoms with Gasteiger partial charge in [0.05, 0.1) is 13.3 Å². The number of benzene rings is 1. The molecule has 1 aromatic heterocycles. The van der Waals surface area contributed by atoms with Crippen LogP contribution in [0.3, 0.4) is 0 Å². The van der Waals surface area contributed by atoms with Crippen molar-refractivity contribution in [3.8, 4) is 5.75 Å². The summed E-state index contributed by atoms with van der Waals surface area (Å²) in [6.07, 6.45) is -1.98. The van der Waals surface area contributed by atoms with Crippen molar-refractivity contribution in [1.29, 1.82) is 0 Å². The first-order valence-corrected chi connectivity index (χ1v) is 6.63. The van der Waals surface area contributed by atoms with Gasteiger partial charge in [-0.1, -0.05) is 24.3 Å². The van der Waals surface area contributed by atoms with Crippen molar-refractivity contribution in [2.24, 2.45) is 0 Å². The van der Waals surface area contributed by atoms with Gasteiger partial charge in [0.25, 0.3) is 6.43 Å². The van der Waals surface area contributed by atoms with Crippen LogP contribution in [0, 0.1) is 0 Å². The smallest absolute Gasteiger partial charge is 0.263 e. The zero-order chi connectivity index (χ0) is 15.6. The van der Waals surface area contributed by atoms with Gasteiger partial charge in [-0.05, 0) is 19.4 Å². The summed E-state index contributed by atoms with van der Waals surface area (Å²) < 4.78 is 32.0. The van der Waals surface area contributed by atoms with Gasteiger partial charge in [-0.25, -0.2) is 8.78 Å². The first kappa shape index (κ1) is 15.4. The summed E-state index contributed by atoms with van der Waals surface area (Å²) >= 11 is 0. The molecule has 2 rings (SSSR count). The molecule has 1 atom stereocenters. The third-order valence-electron chi connectivity index (χ3n) is 3.27. The van der Waals surface area contributed by atoms with Crippen LogP contribution in [-0.4, -0.2) is 22.0 Å². The van der Waals surface area contributed by atoms with Crippen molar-refractivity contribution >= 4 is 0 Å². The van der Waals surface area contributed by atoms with Gasteiger partial charge in [-0.2, -0.15) is 5.10 Å². The molecule has 1 heterocycles. The molecule has 6 heteroatoms. The van der Waals surface area contributed by atoms with Crippen LogP contribution in [-0.2, 0) is 0 Å². The van der Waals surface area contributed by atoms with E-state index in [-0.39, 0.29) is 11.6 Å². The topological polar surface area (TPSA) is 47.3 Å². The van der Waals surface area contributed by atoms with E-state index in [1.54, 1.807) is 4.68 Å². The van der Waals surface area contributed by atoms with E-state index in [0.29, 0.717) is 17.0 Å². The quantitative estimate of drug-likeness (QED) is 0.918. The maximum Gasteiger partial charge on any atom is 0.263 e. The highest BCUT2D eigenvalue weighted by Gasteiger charge is 2.23. The van der Waals surface area contributed by atoms with E-state index in [4.69, 9.17) is 4.74 Å². The number of methoxy groups -OCH3 is 1. The van der Waals surface area contributed by atoms with Gasteiger partial charge < -0.3 is 9.84 Å². The highest BCUT2D eigenvalue weighted by Crippen LogP contribution is 2.32. The highest BCUT2D eigenvalue weighted by molar-refractivity contribution is 5.36. The van der Waals surface area contributed by atoms with E-state index in [1.165, 1.54) is 37.6 Å². The van der Waals surface area contributed by atoms with Gasteiger partial charge in [0.2, 0.25) is 0 Å². The lowest BCUT2D eigenvalue weighted by molar-refractivity contribution is 0.151. The predicted octanol–water partition coefficient (Wildman–Crippen LogP) is 3.49. The molecule has 0 bridgehead atoms. The summed E-state index contributed by atoms with van der Waals surface area (Å²) in [6, 6.07) is 5.64. The summed E-state index contributed by atoms with van der Waals surface area (Å²) in [4.78, 5) is 0. The molecule has 1 aromatic carbocycles. The van der Waals surface area contributed by atoms with E-state index in [0.717, 1.165) is 0 Å². The number of alkyl halides is 2. The molecule has 0 saturated carbocycles. The minimum Gasteiger partial charge on any atom is -0.493 e. The molecular formula is C15H18F2N2O2. The van der Waals surface area contributed by atoms with Gasteiger partial charge in [0, 0.05) is 11.6 Å². The second-order valence-corrected chi connectivity index (χ2v) is 5.01. The number of hydrogen-bond acceptors (Lipinski definition) is 3. The van der Waals surface area contributed by atoms with Crippen LogP contribution in [0.25, 0.3) is 0 Å². The van der Waals surface area contributed by atoms with Crippen molar-refractivity contribution < 1.29 is 18.6 Å². The number of rotatable bonds is 5. The van der Waals surface area contributed by atoms with Gasteiger partial charge >= 0.3 is 0 Å². The summed E-state index contributed by atoms with van der Waals surface area (Å²) in [5, 5.41) is 14.7. The fourth-order valence-electron chi connectivity index (χ4n) is 2.17. The van der Waals surface area contributed by atoms with Crippen LogP contribution in [0.1, 0.15) is 49.2 Å². The molecule has 0 radical (unpaired) electrons. The lowest BCUT2D eigenvalue weighted by atomic mass is 10.0. The number of aromatic nitrogens is 2. The molecule has 0 aliphatic rings. The molecule has 0 fully saturated rings. The van der Waals surface area contributed by atoms with E-state index in [1.807, 2.05) is 13.8 Å². The average molecular weight is 296 g/mol. The molecular weight excluding hydrogens is 278 g/mol. The minimum absolute atomic E-state index is 0.0406. The Labute approximate surface area is 122 Å². The van der Waals surface area contributed by atoms with E-state index < -0.39 is 12.5 Å². The molecule has 0 amide bonds. The molecule has 4 nitrogen and oxygen atoms in total. The Hall–Kier alpha value is -1.95. The van der Waals surface area contributed by atoms with Gasteiger partial charge in [-0.15, -0.1) is 0 Å². The van der Waals surface area contributed by atoms with Gasteiger partial charge in [0.1, 0.15) is 11.8 Å². The maximum atomic E-state index is 12.6. The molecule has 0 spiro atoms. The maximum absolute atomic E-state index is 12.6. The SMILES string of the molecule is COc1cnn(C(C)C)c1C(O)c1ccc(C(F)F)cc1. The summed E-state index contributed by atoms with van der Waals surface area (Å²) in [5.41, 5.74) is 0.952. The Morgan fingerprint density at radius 2 is 1.71 bits per heavy atom. The number of aliphatic hydroxyl groups excluding tert-OH is 1. The Bertz CT molecular complexity index is 594. The van der Waals surface area contributed by atoms with Crippen LogP contribution in [0.2, 0.25) is 0 Å². The number of nitrogens with zero attached hydrogens (tertiary/aromatic N) is 2. The lowest BCUT2D eigenvalue weighted by Gasteiger charge is -2.17. The Kier molecular flexibility index (Phi) is 4.57. The number of halogens is 2. The third-order valence-corrected chi connectivity index (χ3v) is 3.27. The zero-order valence-corrected chi connectivity index (χ0v) is 12.1. The minimum atomic E-state index is -2.52. The lowest BCUT2D eigenvalue weighted by Crippen LogP contribution is -2.13. The van der Waals surface area contributed by atoms with Crippen molar-refractivity contribution in [3.05, 3.63) is 47.3 Å². The summed E-state index contributed by atoms with van der Waals surface area (Å²) in [5.74, 6) is 0.467. The molecule has 2 aromatic rings. The Morgan fingerprint density at radius 3 is 2.19 bits per heavy atom. The van der Waals surface area contributed by atoms with Crippen LogP contribution < -0.4 is 4.74 Å². The third kappa shape index (κ3) is 3.05. The Morgan fingerprint density at radius 1 is 1.14 bits per heavy atom. The van der Waals surface area contributed by atoms with Crippen molar-refractivity contribution in [1.82, 2.24) is 9.78 Å². The number of hydrogen-bond donors (Lipinski definition) is 1. The van der Waals surface area contributed by atoms with Crippen molar-refractivity contribution in [2.75, 3.05) is 7.11 Å². The second kappa shape index (κ2) is 6.22. The first-order chi connectivity index (χ1) is 9.95. The summed E-state index contributed by atoms with van der Waals surface area (Å²) in [6.45, 7) is 3.87. The predicted molar refractivity (Wildman–Crippen MR) is 74.6 cm³/mol. The normalized spacial score (nSPS) is 13.0. The van der Waals surface area contributed by atoms with Crippen LogP contribution in [0.5, 0.6) is 5.75 Å². The monoisotopic (exact) mass is 296 g/mol. The fraction of sp³-hybridized carbons (Fsp3) is 0.400. The average Bonchev–Trinajstić information content (AvgIpc) is 2.90. The zero-order valence-electron chi connectivity index (χ0n) is 12.1. The van der Waals surface area contributed by atoms with E-state index in [2.05, 4.69) is 5.10 Å². The van der Waals surface area contributed by atoms with Crippen LogP contribution >= 0.6 is 0 Å². The van der Waals surface area contributed by atoms with Crippen molar-refractivity contribution in [2.45, 2.75) is 32.4 Å². The number of ether oxygens (including phenoxy) is 1. The molecule has 1 unspecified atom stereocenters. The molecule has 1 N–H and O–H groups in total. The molecule has 21 heavy (non-hydrogen) atoms. The second-order valence-electron chi connectivity index (χ2n) is 5.01. The first-order valence-electron chi connectivity index (χ1n) is 6.63. The van der Waals surface area contributed by atoms with Gasteiger partial charge in [-0.3, -0.25) is 4.68 Å². The molecule has 0 aliphatic heterocycles. The van der Waals surface area contributed by atoms with E-state index >= 15 is 0 Å².